The summed E-state index contributed by atoms with van der Waals surface area (Å²) in [6.07, 6.45) is 4.39. The van der Waals surface area contributed by atoms with Gasteiger partial charge in [0, 0.05) is 38.1 Å². The minimum atomic E-state index is -0.203. The second-order valence-corrected chi connectivity index (χ2v) is 7.60. The van der Waals surface area contributed by atoms with Gasteiger partial charge in [-0.2, -0.15) is 0 Å². The van der Waals surface area contributed by atoms with Crippen molar-refractivity contribution in [1.82, 2.24) is 19.6 Å². The zero-order valence-corrected chi connectivity index (χ0v) is 17.8. The number of pyridine rings is 1. The average Bonchev–Trinajstić information content (AvgIpc) is 3.44. The second-order valence-electron chi connectivity index (χ2n) is 7.60. The van der Waals surface area contributed by atoms with E-state index in [1.165, 1.54) is 0 Å². The Bertz CT molecular complexity index is 1050. The smallest absolute Gasteiger partial charge is 0.272 e. The molecular weight excluding hydrogens is 392 g/mol. The molecule has 3 aromatic rings. The number of fused-ring (bicyclic) bond motifs is 1. The van der Waals surface area contributed by atoms with Gasteiger partial charge in [0.05, 0.1) is 11.6 Å². The standard InChI is InChI=1S/C24H28N4O3/c1-2-31-17-9-14-25-23(29)21-19-12-6-7-15-27(19)22(26-21)20-13-8-16-28(20)24(30)18-10-4-3-5-11-18/h3-7,10-12,15,20H,2,8-9,13-14,16-17H2,1H3,(H,25,29)/t20-/m0/s1. The van der Waals surface area contributed by atoms with Crippen molar-refractivity contribution < 1.29 is 14.3 Å². The Morgan fingerprint density at radius 3 is 2.77 bits per heavy atom. The zero-order valence-electron chi connectivity index (χ0n) is 17.8. The molecule has 162 valence electrons. The molecule has 0 aliphatic carbocycles. The van der Waals surface area contributed by atoms with Gasteiger partial charge in [-0.15, -0.1) is 0 Å². The van der Waals surface area contributed by atoms with Crippen LogP contribution in [0.15, 0.2) is 54.7 Å². The molecule has 1 aliphatic rings. The monoisotopic (exact) mass is 420 g/mol. The summed E-state index contributed by atoms with van der Waals surface area (Å²) in [6.45, 7) is 4.44. The van der Waals surface area contributed by atoms with Crippen LogP contribution in [0, 0.1) is 0 Å². The highest BCUT2D eigenvalue weighted by Gasteiger charge is 2.34. The number of imidazole rings is 1. The van der Waals surface area contributed by atoms with E-state index in [2.05, 4.69) is 5.32 Å². The molecule has 0 radical (unpaired) electrons. The number of carbonyl (C=O) groups is 2. The van der Waals surface area contributed by atoms with Crippen molar-refractivity contribution in [2.45, 2.75) is 32.2 Å². The lowest BCUT2D eigenvalue weighted by molar-refractivity contribution is 0.0729. The quantitative estimate of drug-likeness (QED) is 0.566. The van der Waals surface area contributed by atoms with Gasteiger partial charge in [0.2, 0.25) is 0 Å². The van der Waals surface area contributed by atoms with Gasteiger partial charge in [-0.05, 0) is 50.5 Å². The van der Waals surface area contributed by atoms with Crippen molar-refractivity contribution in [2.24, 2.45) is 0 Å². The third kappa shape index (κ3) is 4.46. The van der Waals surface area contributed by atoms with E-state index in [1.54, 1.807) is 0 Å². The number of aromatic nitrogens is 2. The Hall–Kier alpha value is -3.19. The maximum Gasteiger partial charge on any atom is 0.272 e. The molecule has 3 heterocycles. The molecule has 0 unspecified atom stereocenters. The molecule has 2 aromatic heterocycles. The van der Waals surface area contributed by atoms with E-state index in [0.29, 0.717) is 37.6 Å². The Labute approximate surface area is 182 Å². The number of ether oxygens (including phenoxy) is 1. The Kier molecular flexibility index (Phi) is 6.62. The van der Waals surface area contributed by atoms with Gasteiger partial charge in [-0.3, -0.25) is 9.59 Å². The fourth-order valence-electron chi connectivity index (χ4n) is 4.09. The molecule has 31 heavy (non-hydrogen) atoms. The van der Waals surface area contributed by atoms with E-state index in [-0.39, 0.29) is 17.9 Å². The number of likely N-dealkylation sites (tertiary alicyclic amines) is 1. The highest BCUT2D eigenvalue weighted by molar-refractivity contribution is 5.99. The summed E-state index contributed by atoms with van der Waals surface area (Å²) in [4.78, 5) is 32.6. The number of hydrogen-bond acceptors (Lipinski definition) is 4. The largest absolute Gasteiger partial charge is 0.382 e. The van der Waals surface area contributed by atoms with Crippen LogP contribution in [-0.2, 0) is 4.74 Å². The van der Waals surface area contributed by atoms with Crippen LogP contribution in [0.5, 0.6) is 0 Å². The molecule has 1 aliphatic heterocycles. The number of rotatable bonds is 8. The minimum absolute atomic E-state index is 0.00212. The molecule has 1 fully saturated rings. The fourth-order valence-corrected chi connectivity index (χ4v) is 4.09. The average molecular weight is 421 g/mol. The van der Waals surface area contributed by atoms with Crippen LogP contribution in [0.1, 0.15) is 58.9 Å². The van der Waals surface area contributed by atoms with E-state index in [4.69, 9.17) is 9.72 Å². The summed E-state index contributed by atoms with van der Waals surface area (Å²) in [5, 5.41) is 2.94. The molecule has 0 spiro atoms. The lowest BCUT2D eigenvalue weighted by atomic mass is 10.1. The van der Waals surface area contributed by atoms with Crippen LogP contribution in [0.3, 0.4) is 0 Å². The molecule has 0 bridgehead atoms. The first-order valence-corrected chi connectivity index (χ1v) is 10.9. The minimum Gasteiger partial charge on any atom is -0.382 e. The van der Waals surface area contributed by atoms with Crippen molar-refractivity contribution in [3.05, 3.63) is 71.8 Å². The summed E-state index contributed by atoms with van der Waals surface area (Å²) < 4.78 is 7.27. The van der Waals surface area contributed by atoms with Crippen molar-refractivity contribution in [3.63, 3.8) is 0 Å². The van der Waals surface area contributed by atoms with Gasteiger partial charge in [-0.25, -0.2) is 4.98 Å². The highest BCUT2D eigenvalue weighted by atomic mass is 16.5. The summed E-state index contributed by atoms with van der Waals surface area (Å²) in [7, 11) is 0. The van der Waals surface area contributed by atoms with Gasteiger partial charge in [0.15, 0.2) is 5.69 Å². The van der Waals surface area contributed by atoms with Crippen molar-refractivity contribution >= 4 is 17.3 Å². The first-order chi connectivity index (χ1) is 15.2. The normalized spacial score (nSPS) is 16.0. The predicted molar refractivity (Wildman–Crippen MR) is 118 cm³/mol. The molecule has 4 rings (SSSR count). The number of amides is 2. The number of nitrogens with zero attached hydrogens (tertiary/aromatic N) is 3. The van der Waals surface area contributed by atoms with Crippen molar-refractivity contribution in [3.8, 4) is 0 Å². The van der Waals surface area contributed by atoms with Gasteiger partial charge in [-0.1, -0.05) is 24.3 Å². The predicted octanol–water partition coefficient (Wildman–Crippen LogP) is 3.47. The van der Waals surface area contributed by atoms with Gasteiger partial charge in [0.25, 0.3) is 11.8 Å². The molecule has 1 saturated heterocycles. The first-order valence-electron chi connectivity index (χ1n) is 10.9. The summed E-state index contributed by atoms with van der Waals surface area (Å²) >= 11 is 0. The van der Waals surface area contributed by atoms with E-state index in [1.807, 2.05) is 71.0 Å². The fraction of sp³-hybridized carbons (Fsp3) is 0.375. The number of hydrogen-bond donors (Lipinski definition) is 1. The second kappa shape index (κ2) is 9.75. The molecule has 2 amide bonds. The van der Waals surface area contributed by atoms with E-state index >= 15 is 0 Å². The van der Waals surface area contributed by atoms with Gasteiger partial charge < -0.3 is 19.4 Å². The summed E-state index contributed by atoms with van der Waals surface area (Å²) in [5.41, 5.74) is 1.81. The maximum atomic E-state index is 13.1. The molecule has 1 aromatic carbocycles. The molecule has 1 atom stereocenters. The topological polar surface area (TPSA) is 75.9 Å². The van der Waals surface area contributed by atoms with Crippen LogP contribution >= 0.6 is 0 Å². The molecule has 0 saturated carbocycles. The van der Waals surface area contributed by atoms with Crippen molar-refractivity contribution in [2.75, 3.05) is 26.3 Å². The van der Waals surface area contributed by atoms with Crippen LogP contribution in [0.2, 0.25) is 0 Å². The van der Waals surface area contributed by atoms with Crippen LogP contribution in [0.25, 0.3) is 5.52 Å². The van der Waals surface area contributed by atoms with E-state index in [9.17, 15) is 9.59 Å². The lowest BCUT2D eigenvalue weighted by Gasteiger charge is -2.24. The van der Waals surface area contributed by atoms with Crippen LogP contribution < -0.4 is 5.32 Å². The molecular formula is C24H28N4O3. The van der Waals surface area contributed by atoms with E-state index in [0.717, 1.165) is 30.6 Å². The van der Waals surface area contributed by atoms with Gasteiger partial charge in [0.1, 0.15) is 5.82 Å². The zero-order chi connectivity index (χ0) is 21.6. The number of nitrogens with one attached hydrogen (secondary N) is 1. The number of carbonyl (C=O) groups excluding carboxylic acids is 2. The number of benzene rings is 1. The third-order valence-electron chi connectivity index (χ3n) is 5.58. The van der Waals surface area contributed by atoms with E-state index < -0.39 is 0 Å². The Morgan fingerprint density at radius 1 is 1.16 bits per heavy atom. The molecule has 7 nitrogen and oxygen atoms in total. The Morgan fingerprint density at radius 2 is 1.97 bits per heavy atom. The maximum absolute atomic E-state index is 13.1. The summed E-state index contributed by atoms with van der Waals surface area (Å²) in [5.74, 6) is 0.528. The SMILES string of the molecule is CCOCCCNC(=O)c1nc([C@@H]2CCCN2C(=O)c2ccccc2)n2ccccc12. The van der Waals surface area contributed by atoms with Crippen molar-refractivity contribution in [1.29, 1.82) is 0 Å². The summed E-state index contributed by atoms with van der Waals surface area (Å²) in [6, 6.07) is 14.9. The van der Waals surface area contributed by atoms with Crippen LogP contribution in [-0.4, -0.2) is 52.4 Å². The highest BCUT2D eigenvalue weighted by Crippen LogP contribution is 2.33. The van der Waals surface area contributed by atoms with Crippen LogP contribution in [0.4, 0.5) is 0 Å². The Balaban J connectivity index is 1.59. The lowest BCUT2D eigenvalue weighted by Crippen LogP contribution is -2.31. The molecule has 7 heteroatoms. The third-order valence-corrected chi connectivity index (χ3v) is 5.58. The van der Waals surface area contributed by atoms with Gasteiger partial charge >= 0.3 is 0 Å². The molecule has 1 N–H and O–H groups in total. The first kappa shape index (κ1) is 21.1.